The van der Waals surface area contributed by atoms with Crippen molar-refractivity contribution in [1.29, 1.82) is 0 Å². The number of carbonyl (C=O) groups is 1. The Labute approximate surface area is 132 Å². The van der Waals surface area contributed by atoms with Gasteiger partial charge in [-0.25, -0.2) is 8.42 Å². The van der Waals surface area contributed by atoms with Crippen LogP contribution in [-0.4, -0.2) is 39.0 Å². The molecule has 22 heavy (non-hydrogen) atoms. The van der Waals surface area contributed by atoms with E-state index in [4.69, 9.17) is 4.74 Å². The van der Waals surface area contributed by atoms with Crippen LogP contribution in [0.4, 0.5) is 0 Å². The van der Waals surface area contributed by atoms with Gasteiger partial charge in [0.05, 0.1) is 18.6 Å². The molecule has 1 fully saturated rings. The molecule has 122 valence electrons. The van der Waals surface area contributed by atoms with E-state index in [1.165, 1.54) is 0 Å². The van der Waals surface area contributed by atoms with Gasteiger partial charge >= 0.3 is 0 Å². The summed E-state index contributed by atoms with van der Waals surface area (Å²) < 4.78 is 28.3. The van der Waals surface area contributed by atoms with E-state index in [0.717, 1.165) is 16.9 Å². The van der Waals surface area contributed by atoms with Crippen LogP contribution in [0.25, 0.3) is 0 Å². The predicted molar refractivity (Wildman–Crippen MR) is 86.3 cm³/mol. The topological polar surface area (TPSA) is 72.5 Å². The second-order valence-corrected chi connectivity index (χ2v) is 8.37. The standard InChI is InChI=1S/C16H23NO4S/c1-10(2)13-8-14(11(3)7-15(13)21-4)16(18)17-12-5-6-22(19,20)9-12/h7-8,10,12H,5-6,9H2,1-4H3,(H,17,18). The van der Waals surface area contributed by atoms with E-state index >= 15 is 0 Å². The number of amides is 1. The number of methoxy groups -OCH3 is 1. The van der Waals surface area contributed by atoms with Crippen LogP contribution in [0.2, 0.25) is 0 Å². The normalized spacial score (nSPS) is 20.1. The maximum absolute atomic E-state index is 12.5. The molecule has 1 aliphatic rings. The summed E-state index contributed by atoms with van der Waals surface area (Å²) in [6.07, 6.45) is 0.486. The van der Waals surface area contributed by atoms with Crippen molar-refractivity contribution in [2.24, 2.45) is 0 Å². The summed E-state index contributed by atoms with van der Waals surface area (Å²) in [4.78, 5) is 12.5. The third-order valence-corrected chi connectivity index (χ3v) is 5.78. The Kier molecular flexibility index (Phi) is 4.80. The lowest BCUT2D eigenvalue weighted by molar-refractivity contribution is 0.0940. The van der Waals surface area contributed by atoms with Crippen molar-refractivity contribution in [3.05, 3.63) is 28.8 Å². The summed E-state index contributed by atoms with van der Waals surface area (Å²) in [5, 5.41) is 2.84. The first-order chi connectivity index (χ1) is 10.2. The number of rotatable bonds is 4. The number of aryl methyl sites for hydroxylation is 1. The Morgan fingerprint density at radius 3 is 2.55 bits per heavy atom. The Balaban J connectivity index is 2.24. The molecule has 1 unspecified atom stereocenters. The minimum absolute atomic E-state index is 0.0327. The fourth-order valence-electron chi connectivity index (χ4n) is 2.74. The second-order valence-electron chi connectivity index (χ2n) is 6.14. The van der Waals surface area contributed by atoms with Crippen molar-refractivity contribution in [3.8, 4) is 5.75 Å². The smallest absolute Gasteiger partial charge is 0.251 e. The Hall–Kier alpha value is -1.56. The summed E-state index contributed by atoms with van der Waals surface area (Å²) in [6.45, 7) is 5.93. The number of carbonyl (C=O) groups excluding carboxylic acids is 1. The molecular formula is C16H23NO4S. The Morgan fingerprint density at radius 2 is 2.05 bits per heavy atom. The second kappa shape index (κ2) is 6.28. The third-order valence-electron chi connectivity index (χ3n) is 4.01. The molecule has 6 heteroatoms. The fourth-order valence-corrected chi connectivity index (χ4v) is 4.42. The number of sulfone groups is 1. The summed E-state index contributed by atoms with van der Waals surface area (Å²) in [5.74, 6) is 0.965. The van der Waals surface area contributed by atoms with Crippen molar-refractivity contribution < 1.29 is 17.9 Å². The van der Waals surface area contributed by atoms with E-state index in [1.54, 1.807) is 7.11 Å². The monoisotopic (exact) mass is 325 g/mol. The molecule has 0 spiro atoms. The summed E-state index contributed by atoms with van der Waals surface area (Å²) in [5.41, 5.74) is 2.37. The SMILES string of the molecule is COc1cc(C)c(C(=O)NC2CCS(=O)(=O)C2)cc1C(C)C. The average molecular weight is 325 g/mol. The molecule has 0 aliphatic carbocycles. The van der Waals surface area contributed by atoms with E-state index in [9.17, 15) is 13.2 Å². The van der Waals surface area contributed by atoms with Crippen LogP contribution in [0.15, 0.2) is 12.1 Å². The van der Waals surface area contributed by atoms with Crippen LogP contribution in [-0.2, 0) is 9.84 Å². The molecule has 0 saturated carbocycles. The van der Waals surface area contributed by atoms with Crippen molar-refractivity contribution >= 4 is 15.7 Å². The summed E-state index contributed by atoms with van der Waals surface area (Å²) >= 11 is 0. The van der Waals surface area contributed by atoms with E-state index in [0.29, 0.717) is 12.0 Å². The van der Waals surface area contributed by atoms with Crippen molar-refractivity contribution in [1.82, 2.24) is 5.32 Å². The first-order valence-electron chi connectivity index (χ1n) is 7.43. The highest BCUT2D eigenvalue weighted by Crippen LogP contribution is 2.29. The number of hydrogen-bond donors (Lipinski definition) is 1. The largest absolute Gasteiger partial charge is 0.496 e. The quantitative estimate of drug-likeness (QED) is 0.919. The summed E-state index contributed by atoms with van der Waals surface area (Å²) in [7, 11) is -1.39. The van der Waals surface area contributed by atoms with Crippen LogP contribution >= 0.6 is 0 Å². The molecule has 0 aromatic heterocycles. The lowest BCUT2D eigenvalue weighted by Gasteiger charge is -2.17. The van der Waals surface area contributed by atoms with Gasteiger partial charge in [-0.1, -0.05) is 13.8 Å². The lowest BCUT2D eigenvalue weighted by atomic mass is 9.96. The molecule has 1 aliphatic heterocycles. The fraction of sp³-hybridized carbons (Fsp3) is 0.562. The van der Waals surface area contributed by atoms with Gasteiger partial charge in [0, 0.05) is 11.6 Å². The zero-order valence-electron chi connectivity index (χ0n) is 13.5. The summed E-state index contributed by atoms with van der Waals surface area (Å²) in [6, 6.07) is 3.41. The van der Waals surface area contributed by atoms with Crippen LogP contribution < -0.4 is 10.1 Å². The molecule has 1 atom stereocenters. The minimum atomic E-state index is -3.00. The van der Waals surface area contributed by atoms with Crippen molar-refractivity contribution in [3.63, 3.8) is 0 Å². The van der Waals surface area contributed by atoms with Crippen LogP contribution in [0.5, 0.6) is 5.75 Å². The minimum Gasteiger partial charge on any atom is -0.496 e. The van der Waals surface area contributed by atoms with Crippen molar-refractivity contribution in [2.75, 3.05) is 18.6 Å². The molecule has 0 bridgehead atoms. The van der Waals surface area contributed by atoms with Crippen LogP contribution in [0.1, 0.15) is 47.7 Å². The van der Waals surface area contributed by atoms with Gasteiger partial charge in [-0.2, -0.15) is 0 Å². The molecular weight excluding hydrogens is 302 g/mol. The third kappa shape index (κ3) is 3.61. The molecule has 1 heterocycles. The van der Waals surface area contributed by atoms with Gasteiger partial charge in [-0.3, -0.25) is 4.79 Å². The van der Waals surface area contributed by atoms with Gasteiger partial charge in [0.25, 0.3) is 5.91 Å². The molecule has 1 aromatic carbocycles. The first-order valence-corrected chi connectivity index (χ1v) is 9.25. The highest BCUT2D eigenvalue weighted by Gasteiger charge is 2.29. The van der Waals surface area contributed by atoms with Crippen LogP contribution in [0.3, 0.4) is 0 Å². The Morgan fingerprint density at radius 1 is 1.36 bits per heavy atom. The number of ether oxygens (including phenoxy) is 1. The van der Waals surface area contributed by atoms with Gasteiger partial charge in [0.15, 0.2) is 9.84 Å². The maximum atomic E-state index is 12.5. The molecule has 2 rings (SSSR count). The maximum Gasteiger partial charge on any atom is 0.251 e. The molecule has 5 nitrogen and oxygen atoms in total. The van der Waals surface area contributed by atoms with Crippen molar-refractivity contribution in [2.45, 2.75) is 39.2 Å². The van der Waals surface area contributed by atoms with E-state index in [1.807, 2.05) is 32.9 Å². The zero-order valence-corrected chi connectivity index (χ0v) is 14.3. The molecule has 1 N–H and O–H groups in total. The molecule has 0 radical (unpaired) electrons. The predicted octanol–water partition coefficient (Wildman–Crippen LogP) is 2.04. The number of nitrogens with one attached hydrogen (secondary N) is 1. The highest BCUT2D eigenvalue weighted by molar-refractivity contribution is 7.91. The van der Waals surface area contributed by atoms with E-state index in [2.05, 4.69) is 5.32 Å². The number of benzene rings is 1. The van der Waals surface area contributed by atoms with Crippen LogP contribution in [0, 0.1) is 6.92 Å². The lowest BCUT2D eigenvalue weighted by Crippen LogP contribution is -2.36. The van der Waals surface area contributed by atoms with Gasteiger partial charge < -0.3 is 10.1 Å². The van der Waals surface area contributed by atoms with E-state index in [-0.39, 0.29) is 29.4 Å². The Bertz CT molecular complexity index is 680. The molecule has 1 amide bonds. The highest BCUT2D eigenvalue weighted by atomic mass is 32.2. The zero-order chi connectivity index (χ0) is 16.5. The number of hydrogen-bond acceptors (Lipinski definition) is 4. The van der Waals surface area contributed by atoms with E-state index < -0.39 is 9.84 Å². The first kappa shape index (κ1) is 16.8. The van der Waals surface area contributed by atoms with Gasteiger partial charge in [-0.05, 0) is 42.5 Å². The molecule has 1 aromatic rings. The van der Waals surface area contributed by atoms with Gasteiger partial charge in [-0.15, -0.1) is 0 Å². The van der Waals surface area contributed by atoms with Gasteiger partial charge in [0.2, 0.25) is 0 Å². The van der Waals surface area contributed by atoms with Gasteiger partial charge in [0.1, 0.15) is 5.75 Å². The molecule has 1 saturated heterocycles. The average Bonchev–Trinajstić information content (AvgIpc) is 2.76.